The minimum absolute atomic E-state index is 0.598. The first-order valence-corrected chi connectivity index (χ1v) is 6.11. The lowest BCUT2D eigenvalue weighted by Gasteiger charge is -2.28. The third-order valence-electron chi connectivity index (χ3n) is 3.88. The summed E-state index contributed by atoms with van der Waals surface area (Å²) in [4.78, 5) is 2.56. The van der Waals surface area contributed by atoms with Crippen LogP contribution in [-0.2, 0) is 0 Å². The normalized spacial score (nSPS) is 27.7. The molecule has 76 valence electrons. The maximum Gasteiger partial charge on any atom is 0.00923 e. The fraction of sp³-hybridized carbons (Fsp3) is 1.00. The summed E-state index contributed by atoms with van der Waals surface area (Å²) in [6, 6.07) is 0.803. The average Bonchev–Trinajstić information content (AvgIpc) is 2.99. The largest absolute Gasteiger partial charge is 0.303 e. The Balaban J connectivity index is 1.79. The third kappa shape index (κ3) is 2.21. The number of hydrogen-bond acceptors (Lipinski definition) is 2. The summed E-state index contributed by atoms with van der Waals surface area (Å²) < 4.78 is 0. The van der Waals surface area contributed by atoms with E-state index in [2.05, 4.69) is 31.5 Å². The van der Waals surface area contributed by atoms with Crippen LogP contribution >= 0.6 is 12.6 Å². The molecule has 0 N–H and O–H groups in total. The van der Waals surface area contributed by atoms with Gasteiger partial charge >= 0.3 is 0 Å². The second kappa shape index (κ2) is 3.47. The van der Waals surface area contributed by atoms with Gasteiger partial charge in [0.1, 0.15) is 0 Å². The van der Waals surface area contributed by atoms with Crippen LogP contribution in [0.25, 0.3) is 0 Å². The van der Waals surface area contributed by atoms with Crippen molar-refractivity contribution in [3.8, 4) is 0 Å². The van der Waals surface area contributed by atoms with Crippen molar-refractivity contribution in [3.05, 3.63) is 0 Å². The van der Waals surface area contributed by atoms with Gasteiger partial charge in [0, 0.05) is 12.6 Å². The van der Waals surface area contributed by atoms with Crippen molar-refractivity contribution in [2.24, 2.45) is 11.3 Å². The second-order valence-corrected chi connectivity index (χ2v) is 5.47. The van der Waals surface area contributed by atoms with E-state index in [0.717, 1.165) is 17.7 Å². The first-order chi connectivity index (χ1) is 6.17. The molecule has 0 amide bonds. The first kappa shape index (κ1) is 9.85. The van der Waals surface area contributed by atoms with Gasteiger partial charge in [-0.1, -0.05) is 0 Å². The van der Waals surface area contributed by atoms with Gasteiger partial charge in [-0.3, -0.25) is 0 Å². The van der Waals surface area contributed by atoms with Crippen LogP contribution in [-0.4, -0.2) is 30.3 Å². The van der Waals surface area contributed by atoms with Gasteiger partial charge in [0.15, 0.2) is 0 Å². The van der Waals surface area contributed by atoms with Gasteiger partial charge in [-0.15, -0.1) is 0 Å². The van der Waals surface area contributed by atoms with Crippen LogP contribution in [0.15, 0.2) is 0 Å². The fourth-order valence-electron chi connectivity index (χ4n) is 2.15. The maximum atomic E-state index is 4.45. The molecule has 2 saturated carbocycles. The van der Waals surface area contributed by atoms with Gasteiger partial charge in [0.25, 0.3) is 0 Å². The highest BCUT2D eigenvalue weighted by molar-refractivity contribution is 7.80. The van der Waals surface area contributed by atoms with Crippen LogP contribution in [0.5, 0.6) is 0 Å². The highest BCUT2D eigenvalue weighted by Crippen LogP contribution is 2.48. The van der Waals surface area contributed by atoms with Crippen molar-refractivity contribution in [1.29, 1.82) is 0 Å². The van der Waals surface area contributed by atoms with Crippen molar-refractivity contribution in [1.82, 2.24) is 4.90 Å². The zero-order chi connectivity index (χ0) is 9.47. The number of hydrogen-bond donors (Lipinski definition) is 1. The number of thiol groups is 1. The van der Waals surface area contributed by atoms with Crippen molar-refractivity contribution in [2.45, 2.75) is 38.6 Å². The molecule has 0 aromatic carbocycles. The molecule has 0 aromatic heterocycles. The SMILES string of the molecule is CC(C1CC1)N(C)CC1(CS)CC1. The summed E-state index contributed by atoms with van der Waals surface area (Å²) in [5, 5.41) is 0. The third-order valence-corrected chi connectivity index (χ3v) is 4.55. The van der Waals surface area contributed by atoms with E-state index in [-0.39, 0.29) is 0 Å². The molecular formula is C11H21NS. The Morgan fingerprint density at radius 3 is 2.46 bits per heavy atom. The van der Waals surface area contributed by atoms with Crippen LogP contribution in [0.1, 0.15) is 32.6 Å². The molecular weight excluding hydrogens is 178 g/mol. The molecule has 1 unspecified atom stereocenters. The van der Waals surface area contributed by atoms with E-state index in [0.29, 0.717) is 5.41 Å². The molecule has 2 rings (SSSR count). The zero-order valence-electron chi connectivity index (χ0n) is 8.79. The monoisotopic (exact) mass is 199 g/mol. The Labute approximate surface area is 87.3 Å². The van der Waals surface area contributed by atoms with E-state index >= 15 is 0 Å². The summed E-state index contributed by atoms with van der Waals surface area (Å²) >= 11 is 4.45. The van der Waals surface area contributed by atoms with Crippen LogP contribution in [0, 0.1) is 11.3 Å². The fourth-order valence-corrected chi connectivity index (χ4v) is 2.57. The van der Waals surface area contributed by atoms with Crippen molar-refractivity contribution in [2.75, 3.05) is 19.3 Å². The quantitative estimate of drug-likeness (QED) is 0.666. The number of nitrogens with zero attached hydrogens (tertiary/aromatic N) is 1. The molecule has 1 nitrogen and oxygen atoms in total. The highest BCUT2D eigenvalue weighted by Gasteiger charge is 2.43. The molecule has 0 aliphatic heterocycles. The van der Waals surface area contributed by atoms with Crippen molar-refractivity contribution >= 4 is 12.6 Å². The molecule has 0 bridgehead atoms. The lowest BCUT2D eigenvalue weighted by molar-refractivity contribution is 0.199. The highest BCUT2D eigenvalue weighted by atomic mass is 32.1. The van der Waals surface area contributed by atoms with Crippen molar-refractivity contribution in [3.63, 3.8) is 0 Å². The summed E-state index contributed by atoms with van der Waals surface area (Å²) in [5.74, 6) is 2.08. The average molecular weight is 199 g/mol. The molecule has 1 atom stereocenters. The van der Waals surface area contributed by atoms with E-state index in [1.807, 2.05) is 0 Å². The number of rotatable bonds is 5. The summed E-state index contributed by atoms with van der Waals surface area (Å²) in [5.41, 5.74) is 0.598. The topological polar surface area (TPSA) is 3.24 Å². The summed E-state index contributed by atoms with van der Waals surface area (Å²) in [7, 11) is 2.28. The zero-order valence-corrected chi connectivity index (χ0v) is 9.69. The van der Waals surface area contributed by atoms with Crippen LogP contribution in [0.4, 0.5) is 0 Å². The van der Waals surface area contributed by atoms with Crippen molar-refractivity contribution < 1.29 is 0 Å². The molecule has 0 radical (unpaired) electrons. The first-order valence-electron chi connectivity index (χ1n) is 5.48. The lowest BCUT2D eigenvalue weighted by atomic mass is 10.1. The summed E-state index contributed by atoms with van der Waals surface area (Å²) in [6.45, 7) is 3.65. The van der Waals surface area contributed by atoms with Crippen LogP contribution in [0.2, 0.25) is 0 Å². The molecule has 13 heavy (non-hydrogen) atoms. The second-order valence-electron chi connectivity index (χ2n) is 5.15. The van der Waals surface area contributed by atoms with E-state index in [9.17, 15) is 0 Å². The van der Waals surface area contributed by atoms with E-state index in [1.54, 1.807) is 0 Å². The van der Waals surface area contributed by atoms with Gasteiger partial charge in [0.2, 0.25) is 0 Å². The molecule has 0 spiro atoms. The van der Waals surface area contributed by atoms with E-state index in [1.165, 1.54) is 32.2 Å². The molecule has 0 saturated heterocycles. The molecule has 2 aliphatic rings. The van der Waals surface area contributed by atoms with Crippen LogP contribution in [0.3, 0.4) is 0 Å². The van der Waals surface area contributed by atoms with Gasteiger partial charge < -0.3 is 4.90 Å². The van der Waals surface area contributed by atoms with Gasteiger partial charge in [-0.05, 0) is 56.7 Å². The van der Waals surface area contributed by atoms with E-state index in [4.69, 9.17) is 0 Å². The molecule has 2 fully saturated rings. The smallest absolute Gasteiger partial charge is 0.00923 e. The van der Waals surface area contributed by atoms with Gasteiger partial charge in [-0.2, -0.15) is 12.6 Å². The minimum atomic E-state index is 0.598. The minimum Gasteiger partial charge on any atom is -0.303 e. The predicted molar refractivity (Wildman–Crippen MR) is 60.3 cm³/mol. The standard InChI is InChI=1S/C11H21NS/c1-9(10-3-4-10)12(2)7-11(8-13)5-6-11/h9-10,13H,3-8H2,1-2H3. The van der Waals surface area contributed by atoms with Gasteiger partial charge in [0.05, 0.1) is 0 Å². The predicted octanol–water partition coefficient (Wildman–Crippen LogP) is 2.43. The van der Waals surface area contributed by atoms with Crippen LogP contribution < -0.4 is 0 Å². The molecule has 0 aromatic rings. The Morgan fingerprint density at radius 2 is 2.08 bits per heavy atom. The lowest BCUT2D eigenvalue weighted by Crippen LogP contribution is -2.36. The Morgan fingerprint density at radius 1 is 1.46 bits per heavy atom. The Kier molecular flexibility index (Phi) is 2.63. The van der Waals surface area contributed by atoms with E-state index < -0.39 is 0 Å². The Hall–Kier alpha value is 0.310. The molecule has 2 heteroatoms. The van der Waals surface area contributed by atoms with Gasteiger partial charge in [-0.25, -0.2) is 0 Å². The summed E-state index contributed by atoms with van der Waals surface area (Å²) in [6.07, 6.45) is 5.72. The molecule has 2 aliphatic carbocycles. The molecule has 0 heterocycles. The maximum absolute atomic E-state index is 4.45. The Bertz CT molecular complexity index is 185.